The van der Waals surface area contributed by atoms with E-state index in [0.717, 1.165) is 16.8 Å². The number of pyridine rings is 1. The first-order valence-electron chi connectivity index (χ1n) is 8.52. The van der Waals surface area contributed by atoms with Gasteiger partial charge in [-0.25, -0.2) is 4.98 Å². The third kappa shape index (κ3) is 3.69. The lowest BCUT2D eigenvalue weighted by Gasteiger charge is -2.17. The van der Waals surface area contributed by atoms with Crippen molar-refractivity contribution in [2.45, 2.75) is 13.8 Å². The number of aromatic nitrogens is 1. The summed E-state index contributed by atoms with van der Waals surface area (Å²) in [5.41, 5.74) is 17.7. The number of benzene rings is 2. The van der Waals surface area contributed by atoms with Crippen LogP contribution in [0.3, 0.4) is 0 Å². The van der Waals surface area contributed by atoms with Gasteiger partial charge in [0.25, 0.3) is 0 Å². The Morgan fingerprint density at radius 1 is 1.15 bits per heavy atom. The van der Waals surface area contributed by atoms with Gasteiger partial charge in [-0.3, -0.25) is 5.41 Å². The maximum absolute atomic E-state index is 8.02. The number of methoxy groups -OCH3 is 1. The molecule has 3 rings (SSSR count). The van der Waals surface area contributed by atoms with Gasteiger partial charge in [-0.05, 0) is 43.2 Å². The number of ether oxygens (including phenoxy) is 1. The van der Waals surface area contributed by atoms with Crippen molar-refractivity contribution in [2.75, 3.05) is 18.2 Å². The zero-order valence-electron chi connectivity index (χ0n) is 15.6. The van der Waals surface area contributed by atoms with E-state index in [1.165, 1.54) is 5.56 Å². The fourth-order valence-corrected chi connectivity index (χ4v) is 3.01. The summed E-state index contributed by atoms with van der Waals surface area (Å²) < 4.78 is 5.28. The number of nitrogens with zero attached hydrogens (tertiary/aromatic N) is 1. The van der Waals surface area contributed by atoms with Gasteiger partial charge in [0.05, 0.1) is 18.4 Å². The molecule has 0 amide bonds. The molecule has 2 aromatic carbocycles. The van der Waals surface area contributed by atoms with Crippen LogP contribution >= 0.6 is 0 Å². The monoisotopic (exact) mass is 361 g/mol. The normalized spacial score (nSPS) is 10.5. The predicted octanol–water partition coefficient (Wildman–Crippen LogP) is 3.98. The average Bonchev–Trinajstić information content (AvgIpc) is 2.64. The number of anilines is 3. The summed E-state index contributed by atoms with van der Waals surface area (Å²) in [6, 6.07) is 13.6. The second kappa shape index (κ2) is 7.37. The van der Waals surface area contributed by atoms with Gasteiger partial charge in [0.1, 0.15) is 11.6 Å². The van der Waals surface area contributed by atoms with E-state index in [4.69, 9.17) is 21.6 Å². The Hall–Kier alpha value is -3.54. The quantitative estimate of drug-likeness (QED) is 0.406. The molecule has 6 N–H and O–H groups in total. The molecule has 3 aromatic rings. The zero-order chi connectivity index (χ0) is 19.6. The molecule has 0 aliphatic rings. The van der Waals surface area contributed by atoms with Crippen LogP contribution in [0, 0.1) is 19.3 Å². The maximum Gasteiger partial charge on any atom is 0.154 e. The summed E-state index contributed by atoms with van der Waals surface area (Å²) >= 11 is 0. The number of rotatable bonds is 5. The predicted molar refractivity (Wildman–Crippen MR) is 111 cm³/mol. The fraction of sp³-hybridized carbons (Fsp3) is 0.143. The number of aryl methyl sites for hydroxylation is 2. The Morgan fingerprint density at radius 3 is 2.59 bits per heavy atom. The highest BCUT2D eigenvalue weighted by atomic mass is 16.5. The number of nitrogens with one attached hydrogen (secondary N) is 2. The van der Waals surface area contributed by atoms with Crippen LogP contribution in [0.2, 0.25) is 0 Å². The Balaban J connectivity index is 2.08. The summed E-state index contributed by atoms with van der Waals surface area (Å²) in [7, 11) is 1.61. The van der Waals surface area contributed by atoms with E-state index in [1.54, 1.807) is 13.3 Å². The first kappa shape index (κ1) is 18.3. The van der Waals surface area contributed by atoms with Gasteiger partial charge in [0.2, 0.25) is 0 Å². The van der Waals surface area contributed by atoms with Crippen molar-refractivity contribution < 1.29 is 4.74 Å². The summed E-state index contributed by atoms with van der Waals surface area (Å²) in [6.07, 6.45) is 1.67. The molecule has 0 spiro atoms. The fourth-order valence-electron chi connectivity index (χ4n) is 3.01. The maximum atomic E-state index is 8.02. The minimum absolute atomic E-state index is 0.114. The van der Waals surface area contributed by atoms with Crippen LogP contribution in [-0.2, 0) is 0 Å². The molecule has 0 unspecified atom stereocenters. The number of amidine groups is 1. The molecule has 27 heavy (non-hydrogen) atoms. The van der Waals surface area contributed by atoms with E-state index in [0.29, 0.717) is 28.4 Å². The molecule has 1 heterocycles. The topological polar surface area (TPSA) is 110 Å². The molecule has 1 aromatic heterocycles. The molecule has 6 nitrogen and oxygen atoms in total. The second-order valence-electron chi connectivity index (χ2n) is 6.40. The SMILES string of the molecule is COc1cccc(-c2cnc(Nc3ccc(C)cc3C)c(N)c2C(=N)N)c1. The van der Waals surface area contributed by atoms with E-state index in [9.17, 15) is 0 Å². The van der Waals surface area contributed by atoms with Crippen LogP contribution in [0.5, 0.6) is 5.75 Å². The van der Waals surface area contributed by atoms with Crippen molar-refractivity contribution in [1.82, 2.24) is 4.98 Å². The van der Waals surface area contributed by atoms with E-state index < -0.39 is 0 Å². The van der Waals surface area contributed by atoms with Gasteiger partial charge in [-0.1, -0.05) is 29.8 Å². The summed E-state index contributed by atoms with van der Waals surface area (Å²) in [6.45, 7) is 4.06. The molecule has 138 valence electrons. The minimum atomic E-state index is -0.114. The van der Waals surface area contributed by atoms with Crippen LogP contribution in [0.4, 0.5) is 17.2 Å². The standard InChI is InChI=1S/C21H23N5O/c1-12-7-8-17(13(2)9-12)26-21-19(22)18(20(23)24)16(11-25-21)14-5-4-6-15(10-14)27-3/h4-11H,22H2,1-3H3,(H3,23,24)(H,25,26). The highest BCUT2D eigenvalue weighted by Crippen LogP contribution is 2.34. The highest BCUT2D eigenvalue weighted by molar-refractivity contribution is 6.08. The first-order chi connectivity index (χ1) is 12.9. The Kier molecular flexibility index (Phi) is 4.98. The minimum Gasteiger partial charge on any atom is -0.497 e. The Morgan fingerprint density at radius 2 is 1.93 bits per heavy atom. The summed E-state index contributed by atoms with van der Waals surface area (Å²) in [5, 5.41) is 11.3. The lowest BCUT2D eigenvalue weighted by Crippen LogP contribution is -2.17. The Labute approximate surface area is 158 Å². The Bertz CT molecular complexity index is 1010. The smallest absolute Gasteiger partial charge is 0.154 e. The molecule has 0 fully saturated rings. The molecule has 0 aliphatic heterocycles. The average molecular weight is 361 g/mol. The molecule has 0 atom stereocenters. The number of hydrogen-bond donors (Lipinski definition) is 4. The van der Waals surface area contributed by atoms with E-state index in [1.807, 2.05) is 50.2 Å². The molecule has 0 radical (unpaired) electrons. The van der Waals surface area contributed by atoms with Crippen LogP contribution in [0.1, 0.15) is 16.7 Å². The van der Waals surface area contributed by atoms with Gasteiger partial charge in [0.15, 0.2) is 5.82 Å². The van der Waals surface area contributed by atoms with Crippen molar-refractivity contribution in [1.29, 1.82) is 5.41 Å². The molecule has 0 saturated carbocycles. The largest absolute Gasteiger partial charge is 0.497 e. The molecule has 0 aliphatic carbocycles. The highest BCUT2D eigenvalue weighted by Gasteiger charge is 2.17. The van der Waals surface area contributed by atoms with Crippen LogP contribution < -0.4 is 21.5 Å². The van der Waals surface area contributed by atoms with Crippen LogP contribution in [0.15, 0.2) is 48.7 Å². The number of nitrogen functional groups attached to an aromatic ring is 2. The molecular weight excluding hydrogens is 338 g/mol. The van der Waals surface area contributed by atoms with Crippen LogP contribution in [-0.4, -0.2) is 17.9 Å². The third-order valence-electron chi connectivity index (χ3n) is 4.40. The van der Waals surface area contributed by atoms with Crippen molar-refractivity contribution in [3.8, 4) is 16.9 Å². The van der Waals surface area contributed by atoms with Crippen LogP contribution in [0.25, 0.3) is 11.1 Å². The lowest BCUT2D eigenvalue weighted by atomic mass is 9.99. The van der Waals surface area contributed by atoms with Crippen molar-refractivity contribution >= 4 is 23.0 Å². The summed E-state index contributed by atoms with van der Waals surface area (Å²) in [5.74, 6) is 1.06. The summed E-state index contributed by atoms with van der Waals surface area (Å²) in [4.78, 5) is 4.48. The van der Waals surface area contributed by atoms with Crippen molar-refractivity contribution in [2.24, 2.45) is 5.73 Å². The first-order valence-corrected chi connectivity index (χ1v) is 8.52. The van der Waals surface area contributed by atoms with E-state index in [-0.39, 0.29) is 5.84 Å². The van der Waals surface area contributed by atoms with Crippen molar-refractivity contribution in [3.05, 3.63) is 65.4 Å². The van der Waals surface area contributed by atoms with E-state index in [2.05, 4.69) is 16.4 Å². The van der Waals surface area contributed by atoms with Gasteiger partial charge >= 0.3 is 0 Å². The number of nitrogens with two attached hydrogens (primary N) is 2. The molecule has 6 heteroatoms. The molecule has 0 bridgehead atoms. The van der Waals surface area contributed by atoms with E-state index >= 15 is 0 Å². The number of hydrogen-bond acceptors (Lipinski definition) is 5. The van der Waals surface area contributed by atoms with Crippen molar-refractivity contribution in [3.63, 3.8) is 0 Å². The van der Waals surface area contributed by atoms with Gasteiger partial charge < -0.3 is 21.5 Å². The zero-order valence-corrected chi connectivity index (χ0v) is 15.6. The second-order valence-corrected chi connectivity index (χ2v) is 6.40. The molecule has 0 saturated heterocycles. The van der Waals surface area contributed by atoms with Gasteiger partial charge in [0, 0.05) is 17.4 Å². The van der Waals surface area contributed by atoms with Gasteiger partial charge in [-0.2, -0.15) is 0 Å². The molecular formula is C21H23N5O. The van der Waals surface area contributed by atoms with Gasteiger partial charge in [-0.15, -0.1) is 0 Å². The third-order valence-corrected chi connectivity index (χ3v) is 4.40. The lowest BCUT2D eigenvalue weighted by molar-refractivity contribution is 0.415.